The zero-order valence-electron chi connectivity index (χ0n) is 19.8. The van der Waals surface area contributed by atoms with Crippen LogP contribution in [0, 0.1) is 13.8 Å². The fraction of sp³-hybridized carbons (Fsp3) is 0.276. The number of aryl methyl sites for hydroxylation is 2. The van der Waals surface area contributed by atoms with Crippen molar-refractivity contribution in [3.8, 4) is 0 Å². The van der Waals surface area contributed by atoms with Gasteiger partial charge in [-0.05, 0) is 93.5 Å². The van der Waals surface area contributed by atoms with Gasteiger partial charge in [-0.25, -0.2) is 0 Å². The minimum atomic E-state index is 0.874. The van der Waals surface area contributed by atoms with Gasteiger partial charge in [-0.2, -0.15) is 0 Å². The van der Waals surface area contributed by atoms with E-state index in [9.17, 15) is 0 Å². The molecule has 0 bridgehead atoms. The summed E-state index contributed by atoms with van der Waals surface area (Å²) in [4.78, 5) is 6.96. The summed E-state index contributed by atoms with van der Waals surface area (Å²) in [7, 11) is 2.11. The Kier molecular flexibility index (Phi) is 8.30. The molecule has 0 aromatic heterocycles. The van der Waals surface area contributed by atoms with E-state index >= 15 is 0 Å². The van der Waals surface area contributed by atoms with E-state index in [0.717, 1.165) is 35.7 Å². The van der Waals surface area contributed by atoms with Crippen LogP contribution in [0.4, 0.5) is 11.4 Å². The fourth-order valence-corrected chi connectivity index (χ4v) is 4.12. The largest absolute Gasteiger partial charge is 0.348 e. The molecule has 0 saturated carbocycles. The molecular weight excluding hydrogens is 412 g/mol. The molecule has 0 N–H and O–H groups in total. The summed E-state index contributed by atoms with van der Waals surface area (Å²) in [5, 5.41) is 0.874. The first-order valence-corrected chi connectivity index (χ1v) is 11.6. The summed E-state index contributed by atoms with van der Waals surface area (Å²) in [6.45, 7) is 8.39. The lowest BCUT2D eigenvalue weighted by Gasteiger charge is -2.22. The van der Waals surface area contributed by atoms with E-state index in [2.05, 4.69) is 87.4 Å². The molecule has 3 heteroatoms. The molecule has 3 rings (SSSR count). The molecule has 0 radical (unpaired) electrons. The van der Waals surface area contributed by atoms with Crippen LogP contribution in [0.15, 0.2) is 99.7 Å². The maximum atomic E-state index is 6.80. The van der Waals surface area contributed by atoms with Crippen molar-refractivity contribution in [2.24, 2.45) is 4.99 Å². The van der Waals surface area contributed by atoms with Gasteiger partial charge in [0.05, 0.1) is 5.69 Å². The molecule has 0 unspecified atom stereocenters. The highest BCUT2D eigenvalue weighted by molar-refractivity contribution is 6.32. The topological polar surface area (TPSA) is 15.6 Å². The molecule has 32 heavy (non-hydrogen) atoms. The molecule has 0 fully saturated rings. The monoisotopic (exact) mass is 444 g/mol. The third-order valence-corrected chi connectivity index (χ3v) is 6.41. The second-order valence-corrected chi connectivity index (χ2v) is 8.79. The lowest BCUT2D eigenvalue weighted by Crippen LogP contribution is -2.15. The number of hydrogen-bond acceptors (Lipinski definition) is 2. The SMILES string of the molecule is CC(/C=C/C1=C(Cl)C(=C/C=C(\C)N(C)c2ccccc2C)/CCC1)=Nc1ccccc1C. The van der Waals surface area contributed by atoms with Crippen LogP contribution in [0.3, 0.4) is 0 Å². The Bertz CT molecular complexity index is 1120. The summed E-state index contributed by atoms with van der Waals surface area (Å²) >= 11 is 6.80. The van der Waals surface area contributed by atoms with Crippen LogP contribution >= 0.6 is 11.6 Å². The first kappa shape index (κ1) is 23.8. The van der Waals surface area contributed by atoms with Crippen LogP contribution in [0.2, 0.25) is 0 Å². The number of rotatable bonds is 6. The molecule has 0 heterocycles. The lowest BCUT2D eigenvalue weighted by molar-refractivity contribution is 0.792. The van der Waals surface area contributed by atoms with Crippen molar-refractivity contribution in [1.29, 1.82) is 0 Å². The van der Waals surface area contributed by atoms with Crippen LogP contribution in [-0.2, 0) is 0 Å². The maximum Gasteiger partial charge on any atom is 0.0661 e. The number of nitrogens with zero attached hydrogens (tertiary/aromatic N) is 2. The number of allylic oxidation sites excluding steroid dienone is 8. The summed E-state index contributed by atoms with van der Waals surface area (Å²) in [5.74, 6) is 0. The molecular formula is C29H33ClN2. The minimum Gasteiger partial charge on any atom is -0.348 e. The van der Waals surface area contributed by atoms with Gasteiger partial charge in [-0.15, -0.1) is 0 Å². The highest BCUT2D eigenvalue weighted by Crippen LogP contribution is 2.33. The van der Waals surface area contributed by atoms with E-state index in [0.29, 0.717) is 0 Å². The summed E-state index contributed by atoms with van der Waals surface area (Å²) in [6.07, 6.45) is 11.6. The van der Waals surface area contributed by atoms with Crippen molar-refractivity contribution < 1.29 is 0 Å². The summed E-state index contributed by atoms with van der Waals surface area (Å²) in [5.41, 5.74) is 9.21. The third-order valence-electron chi connectivity index (χ3n) is 5.93. The highest BCUT2D eigenvalue weighted by atomic mass is 35.5. The van der Waals surface area contributed by atoms with Gasteiger partial charge in [0.2, 0.25) is 0 Å². The predicted octanol–water partition coefficient (Wildman–Crippen LogP) is 8.60. The van der Waals surface area contributed by atoms with Crippen molar-refractivity contribution in [3.05, 3.63) is 106 Å². The van der Waals surface area contributed by atoms with Crippen molar-refractivity contribution in [1.82, 2.24) is 0 Å². The Labute approximate surface area is 198 Å². The molecule has 0 saturated heterocycles. The van der Waals surface area contributed by atoms with E-state index in [1.165, 1.54) is 33.7 Å². The molecule has 2 aromatic rings. The number of benzene rings is 2. The minimum absolute atomic E-state index is 0.874. The maximum absolute atomic E-state index is 6.80. The normalized spacial score (nSPS) is 16.9. The van der Waals surface area contributed by atoms with Crippen LogP contribution in [0.1, 0.15) is 44.2 Å². The van der Waals surface area contributed by atoms with Gasteiger partial charge in [0.15, 0.2) is 0 Å². The van der Waals surface area contributed by atoms with E-state index < -0.39 is 0 Å². The molecule has 2 nitrogen and oxygen atoms in total. The number of anilines is 1. The second kappa shape index (κ2) is 11.2. The zero-order valence-corrected chi connectivity index (χ0v) is 20.6. The van der Waals surface area contributed by atoms with Gasteiger partial charge in [-0.3, -0.25) is 4.99 Å². The van der Waals surface area contributed by atoms with E-state index in [4.69, 9.17) is 16.6 Å². The van der Waals surface area contributed by atoms with Gasteiger partial charge in [0, 0.05) is 29.2 Å². The smallest absolute Gasteiger partial charge is 0.0661 e. The van der Waals surface area contributed by atoms with Gasteiger partial charge < -0.3 is 4.90 Å². The van der Waals surface area contributed by atoms with Crippen molar-refractivity contribution in [3.63, 3.8) is 0 Å². The number of para-hydroxylation sites is 2. The highest BCUT2D eigenvalue weighted by Gasteiger charge is 2.14. The molecule has 166 valence electrons. The van der Waals surface area contributed by atoms with Crippen LogP contribution in [0.25, 0.3) is 0 Å². The summed E-state index contributed by atoms with van der Waals surface area (Å²) < 4.78 is 0. The standard InChI is InChI=1S/C29H33ClN2/c1-21-11-6-8-15-27(21)31-23(3)17-19-25-13-10-14-26(29(25)30)20-18-24(4)32(5)28-16-9-7-12-22(28)2/h6-9,11-12,15-20H,10,13-14H2,1-5H3/b19-17+,24-18+,26-20+,31-23?. The average Bonchev–Trinajstić information content (AvgIpc) is 2.79. The Morgan fingerprint density at radius 1 is 0.969 bits per heavy atom. The molecule has 0 amide bonds. The molecule has 0 atom stereocenters. The quantitative estimate of drug-likeness (QED) is 0.407. The number of aliphatic imine (C=N–C) groups is 1. The zero-order chi connectivity index (χ0) is 23.1. The number of halogens is 1. The second-order valence-electron chi connectivity index (χ2n) is 8.41. The first-order valence-electron chi connectivity index (χ1n) is 11.2. The van der Waals surface area contributed by atoms with Crippen LogP contribution < -0.4 is 4.90 Å². The molecule has 2 aromatic carbocycles. The molecule has 0 aliphatic heterocycles. The van der Waals surface area contributed by atoms with Crippen LogP contribution in [-0.4, -0.2) is 12.8 Å². The van der Waals surface area contributed by atoms with Crippen molar-refractivity contribution >= 4 is 28.7 Å². The Balaban J connectivity index is 1.78. The Hall–Kier alpha value is -2.84. The van der Waals surface area contributed by atoms with E-state index in [-0.39, 0.29) is 0 Å². The van der Waals surface area contributed by atoms with Crippen molar-refractivity contribution in [2.45, 2.75) is 47.0 Å². The first-order chi connectivity index (χ1) is 15.4. The Morgan fingerprint density at radius 3 is 2.38 bits per heavy atom. The van der Waals surface area contributed by atoms with Gasteiger partial charge in [-0.1, -0.05) is 60.2 Å². The predicted molar refractivity (Wildman–Crippen MR) is 141 cm³/mol. The molecule has 0 spiro atoms. The Morgan fingerprint density at radius 2 is 1.66 bits per heavy atom. The molecule has 1 aliphatic carbocycles. The lowest BCUT2D eigenvalue weighted by atomic mass is 9.94. The third kappa shape index (κ3) is 6.11. The van der Waals surface area contributed by atoms with E-state index in [1.54, 1.807) is 0 Å². The average molecular weight is 445 g/mol. The number of hydrogen-bond donors (Lipinski definition) is 0. The van der Waals surface area contributed by atoms with Gasteiger partial charge >= 0.3 is 0 Å². The van der Waals surface area contributed by atoms with Gasteiger partial charge in [0.1, 0.15) is 0 Å². The molecule has 1 aliphatic rings. The van der Waals surface area contributed by atoms with E-state index in [1.807, 2.05) is 25.1 Å². The van der Waals surface area contributed by atoms with Gasteiger partial charge in [0.25, 0.3) is 0 Å². The van der Waals surface area contributed by atoms with Crippen molar-refractivity contribution in [2.75, 3.05) is 11.9 Å². The fourth-order valence-electron chi connectivity index (χ4n) is 3.81. The summed E-state index contributed by atoms with van der Waals surface area (Å²) in [6, 6.07) is 16.6. The van der Waals surface area contributed by atoms with Crippen LogP contribution in [0.5, 0.6) is 0 Å².